The van der Waals surface area contributed by atoms with E-state index in [0.29, 0.717) is 0 Å². The Balaban J connectivity index is 3.44. The average Bonchev–Trinajstić information content (AvgIpc) is 2.70. The Bertz CT molecular complexity index is 314. The molecule has 0 aromatic rings. The Morgan fingerprint density at radius 2 is 0.714 bits per heavy atom. The zero-order valence-corrected chi connectivity index (χ0v) is 20.0. The van der Waals surface area contributed by atoms with Crippen LogP contribution in [0.3, 0.4) is 0 Å². The molecule has 0 amide bonds. The Hall–Kier alpha value is -0.640. The molecule has 0 saturated heterocycles. The minimum atomic E-state index is 1.18. The minimum absolute atomic E-state index is 1.18. The first-order valence-corrected chi connectivity index (χ1v) is 13.0. The fourth-order valence-electron chi connectivity index (χ4n) is 3.96. The summed E-state index contributed by atoms with van der Waals surface area (Å²) >= 11 is 0. The van der Waals surface area contributed by atoms with Gasteiger partial charge in [0.2, 0.25) is 0 Å². The maximum absolute atomic E-state index is 3.33. The van der Waals surface area contributed by atoms with Crippen LogP contribution < -0.4 is 0 Å². The summed E-state index contributed by atoms with van der Waals surface area (Å²) < 4.78 is 0. The smallest absolute Gasteiger partial charge is 0.0260 e. The molecule has 0 radical (unpaired) electrons. The highest BCUT2D eigenvalue weighted by Crippen LogP contribution is 2.12. The third-order valence-corrected chi connectivity index (χ3v) is 5.83. The molecule has 0 saturated carbocycles. The van der Waals surface area contributed by atoms with E-state index in [1.54, 1.807) is 0 Å². The molecular weight excluding hydrogens is 338 g/mol. The normalized spacial score (nSPS) is 10.7. The molecule has 166 valence electrons. The molecule has 0 rings (SSSR count). The number of hydrogen-bond acceptors (Lipinski definition) is 1. The molecule has 0 aromatic heterocycles. The zero-order chi connectivity index (χ0) is 20.5. The number of hydrogen-bond donors (Lipinski definition) is 0. The Kier molecular flexibility index (Phi) is 23.8. The summed E-state index contributed by atoms with van der Waals surface area (Å²) in [4.78, 5) is 2.38. The second kappa shape index (κ2) is 24.4. The second-order valence-corrected chi connectivity index (χ2v) is 8.71. The molecule has 0 spiro atoms. The van der Waals surface area contributed by atoms with Crippen LogP contribution in [0, 0.1) is 12.0 Å². The van der Waals surface area contributed by atoms with Gasteiger partial charge in [0.25, 0.3) is 0 Å². The summed E-state index contributed by atoms with van der Waals surface area (Å²) in [7, 11) is 0. The van der Waals surface area contributed by atoms with Gasteiger partial charge in [0.1, 0.15) is 0 Å². The van der Waals surface area contributed by atoms with Crippen LogP contribution in [0.5, 0.6) is 0 Å². The molecule has 0 unspecified atom stereocenters. The van der Waals surface area contributed by atoms with E-state index in [9.17, 15) is 0 Å². The van der Waals surface area contributed by atoms with Crippen molar-refractivity contribution in [1.29, 1.82) is 0 Å². The van der Waals surface area contributed by atoms with Crippen LogP contribution in [-0.4, -0.2) is 18.0 Å². The lowest BCUT2D eigenvalue weighted by Gasteiger charge is -2.17. The van der Waals surface area contributed by atoms with Gasteiger partial charge >= 0.3 is 0 Å². The van der Waals surface area contributed by atoms with Gasteiger partial charge in [-0.1, -0.05) is 135 Å². The third-order valence-electron chi connectivity index (χ3n) is 5.83. The van der Waals surface area contributed by atoms with Gasteiger partial charge < -0.3 is 4.90 Å². The fourth-order valence-corrected chi connectivity index (χ4v) is 3.96. The molecule has 1 nitrogen and oxygen atoms in total. The van der Waals surface area contributed by atoms with Gasteiger partial charge in [0.15, 0.2) is 0 Å². The summed E-state index contributed by atoms with van der Waals surface area (Å²) in [6, 6.07) is 3.33. The van der Waals surface area contributed by atoms with Crippen molar-refractivity contribution in [3.8, 4) is 12.0 Å². The molecule has 0 fully saturated rings. The van der Waals surface area contributed by atoms with Crippen LogP contribution in [0.4, 0.5) is 0 Å². The van der Waals surface area contributed by atoms with Gasteiger partial charge in [-0.25, -0.2) is 0 Å². The Morgan fingerprint density at radius 3 is 1.00 bits per heavy atom. The van der Waals surface area contributed by atoms with E-state index in [0.717, 1.165) is 0 Å². The van der Waals surface area contributed by atoms with Crippen molar-refractivity contribution >= 4 is 0 Å². The molecule has 0 bridgehead atoms. The van der Waals surface area contributed by atoms with Crippen molar-refractivity contribution < 1.29 is 0 Å². The second-order valence-electron chi connectivity index (χ2n) is 8.71. The van der Waals surface area contributed by atoms with Gasteiger partial charge in [-0.2, -0.15) is 0 Å². The molecule has 0 aliphatic carbocycles. The highest BCUT2D eigenvalue weighted by atomic mass is 15.1. The maximum Gasteiger partial charge on any atom is 0.0260 e. The fraction of sp³-hybridized carbons (Fsp3) is 0.926. The van der Waals surface area contributed by atoms with Crippen molar-refractivity contribution in [2.24, 2.45) is 0 Å². The molecule has 0 atom stereocenters. The largest absolute Gasteiger partial charge is 0.333 e. The van der Waals surface area contributed by atoms with E-state index in [-0.39, 0.29) is 0 Å². The molecule has 0 aliphatic heterocycles. The lowest BCUT2D eigenvalue weighted by molar-refractivity contribution is 0.367. The van der Waals surface area contributed by atoms with Gasteiger partial charge in [-0.05, 0) is 19.8 Å². The molecule has 1 heteroatoms. The minimum Gasteiger partial charge on any atom is -0.333 e. The van der Waals surface area contributed by atoms with E-state index in [1.165, 1.54) is 142 Å². The van der Waals surface area contributed by atoms with Crippen LogP contribution in [0.1, 0.15) is 149 Å². The summed E-state index contributed by atoms with van der Waals surface area (Å²) in [6.07, 6.45) is 28.3. The van der Waals surface area contributed by atoms with Crippen molar-refractivity contribution in [2.75, 3.05) is 13.1 Å². The number of rotatable bonds is 22. The highest BCUT2D eigenvalue weighted by molar-refractivity contribution is 4.94. The van der Waals surface area contributed by atoms with Crippen molar-refractivity contribution in [2.45, 2.75) is 149 Å². The predicted octanol–water partition coefficient (Wildman–Crippen LogP) is 9.11. The van der Waals surface area contributed by atoms with Crippen LogP contribution in [-0.2, 0) is 0 Å². The summed E-state index contributed by atoms with van der Waals surface area (Å²) in [6.45, 7) is 8.92. The zero-order valence-electron chi connectivity index (χ0n) is 20.0. The summed E-state index contributed by atoms with van der Waals surface area (Å²) in [5.74, 6) is 3.11. The quantitative estimate of drug-likeness (QED) is 0.101. The van der Waals surface area contributed by atoms with E-state index < -0.39 is 0 Å². The van der Waals surface area contributed by atoms with Crippen molar-refractivity contribution in [3.63, 3.8) is 0 Å². The number of unbranched alkanes of at least 4 members (excludes halogenated alkanes) is 18. The van der Waals surface area contributed by atoms with Crippen molar-refractivity contribution in [1.82, 2.24) is 4.90 Å². The average molecular weight is 392 g/mol. The Labute approximate surface area is 179 Å². The summed E-state index contributed by atoms with van der Waals surface area (Å²) in [5.41, 5.74) is 0. The predicted molar refractivity (Wildman–Crippen MR) is 129 cm³/mol. The van der Waals surface area contributed by atoms with E-state index in [1.807, 2.05) is 6.92 Å². The standard InChI is InChI=1S/C27H53N/c1-4-7-9-11-13-15-17-19-21-23-26-28(25-6-3)27-24-22-20-18-16-14-12-10-8-5-2/h4-5,7-24,26-27H2,1-3H3. The van der Waals surface area contributed by atoms with Crippen LogP contribution in [0.15, 0.2) is 0 Å². The first-order chi connectivity index (χ1) is 13.8. The lowest BCUT2D eigenvalue weighted by Crippen LogP contribution is -2.20. The van der Waals surface area contributed by atoms with Gasteiger partial charge in [-0.3, -0.25) is 0 Å². The monoisotopic (exact) mass is 391 g/mol. The molecule has 0 heterocycles. The van der Waals surface area contributed by atoms with Crippen molar-refractivity contribution in [3.05, 3.63) is 0 Å². The molecule has 0 aromatic carbocycles. The first-order valence-electron chi connectivity index (χ1n) is 13.0. The van der Waals surface area contributed by atoms with E-state index in [4.69, 9.17) is 0 Å². The highest BCUT2D eigenvalue weighted by Gasteiger charge is 2.00. The lowest BCUT2D eigenvalue weighted by atomic mass is 10.1. The Morgan fingerprint density at radius 1 is 0.429 bits per heavy atom. The van der Waals surface area contributed by atoms with Gasteiger partial charge in [-0.15, -0.1) is 0 Å². The third kappa shape index (κ3) is 21.7. The van der Waals surface area contributed by atoms with Crippen LogP contribution >= 0.6 is 0 Å². The molecule has 28 heavy (non-hydrogen) atoms. The van der Waals surface area contributed by atoms with Crippen LogP contribution in [0.25, 0.3) is 0 Å². The maximum atomic E-state index is 3.33. The topological polar surface area (TPSA) is 3.24 Å². The van der Waals surface area contributed by atoms with Gasteiger partial charge in [0, 0.05) is 19.1 Å². The van der Waals surface area contributed by atoms with Crippen LogP contribution in [0.2, 0.25) is 0 Å². The first kappa shape index (κ1) is 27.4. The van der Waals surface area contributed by atoms with Gasteiger partial charge in [0.05, 0.1) is 0 Å². The molecular formula is C27H53N. The number of nitrogens with zero attached hydrogens (tertiary/aromatic N) is 1. The summed E-state index contributed by atoms with van der Waals surface area (Å²) in [5, 5.41) is 0. The molecule has 0 aliphatic rings. The SMILES string of the molecule is CC#CN(CCCCCCCCCCCC)CCCCCCCCCCCC. The van der Waals surface area contributed by atoms with E-state index in [2.05, 4.69) is 30.7 Å². The molecule has 0 N–H and O–H groups in total. The van der Waals surface area contributed by atoms with E-state index >= 15 is 0 Å².